The second-order valence-electron chi connectivity index (χ2n) is 14.2. The largest absolute Gasteiger partial charge is 0.379 e. The van der Waals surface area contributed by atoms with E-state index in [1.165, 1.54) is 17.5 Å². The Balaban J connectivity index is 1.04. The van der Waals surface area contributed by atoms with E-state index < -0.39 is 0 Å². The second kappa shape index (κ2) is 9.87. The van der Waals surface area contributed by atoms with E-state index >= 15 is 0 Å². The number of rotatable bonds is 4. The lowest BCUT2D eigenvalue weighted by Crippen LogP contribution is -2.57. The van der Waals surface area contributed by atoms with Crippen molar-refractivity contribution in [1.29, 1.82) is 0 Å². The maximum absolute atomic E-state index is 7.75. The summed E-state index contributed by atoms with van der Waals surface area (Å²) in [5, 5.41) is 3.49. The van der Waals surface area contributed by atoms with Crippen molar-refractivity contribution in [3.63, 3.8) is 0 Å². The first-order chi connectivity index (χ1) is 20.3. The van der Waals surface area contributed by atoms with E-state index in [1.807, 2.05) is 0 Å². The van der Waals surface area contributed by atoms with Crippen molar-refractivity contribution in [2.45, 2.75) is 30.7 Å². The van der Waals surface area contributed by atoms with E-state index in [0.29, 0.717) is 0 Å². The Kier molecular flexibility index (Phi) is 6.18. The van der Waals surface area contributed by atoms with Crippen molar-refractivity contribution < 1.29 is 14.2 Å². The highest BCUT2D eigenvalue weighted by Gasteiger charge is 2.96. The lowest BCUT2D eigenvalue weighted by atomic mass is 9.54. The minimum absolute atomic E-state index is 0.0447. The summed E-state index contributed by atoms with van der Waals surface area (Å²) in [7, 11) is 0. The first-order valence-corrected chi connectivity index (χ1v) is 16.4. The minimum Gasteiger partial charge on any atom is -0.379 e. The summed E-state index contributed by atoms with van der Waals surface area (Å²) in [6, 6.07) is 22.1. The van der Waals surface area contributed by atoms with Gasteiger partial charge < -0.3 is 19.5 Å². The van der Waals surface area contributed by atoms with Crippen molar-refractivity contribution in [2.75, 3.05) is 65.7 Å². The van der Waals surface area contributed by atoms with Gasteiger partial charge in [0.2, 0.25) is 0 Å². The van der Waals surface area contributed by atoms with Crippen LogP contribution < -0.4 is 5.32 Å². The molecule has 10 unspecified atom stereocenters. The average molecular weight is 556 g/mol. The maximum atomic E-state index is 7.75. The summed E-state index contributed by atoms with van der Waals surface area (Å²) < 4.78 is 20.0. The molecule has 10 atom stereocenters. The molecular weight excluding hydrogens is 510 g/mol. The second-order valence-corrected chi connectivity index (χ2v) is 14.2. The highest BCUT2D eigenvalue weighted by atomic mass is 16.5. The van der Waals surface area contributed by atoms with Crippen LogP contribution in [0, 0.1) is 47.3 Å². The molecule has 0 radical (unpaired) electrons. The van der Waals surface area contributed by atoms with Crippen LogP contribution in [0.15, 0.2) is 60.7 Å². The van der Waals surface area contributed by atoms with Crippen LogP contribution in [-0.2, 0) is 27.3 Å². The molecule has 10 rings (SSSR count). The third-order valence-electron chi connectivity index (χ3n) is 12.5. The third-order valence-corrected chi connectivity index (χ3v) is 12.5. The fourth-order valence-corrected chi connectivity index (χ4v) is 11.8. The molecule has 6 heteroatoms. The van der Waals surface area contributed by atoms with Crippen LogP contribution in [0.4, 0.5) is 0 Å². The smallest absolute Gasteiger partial charge is 0.0886 e. The molecule has 4 bridgehead atoms. The van der Waals surface area contributed by atoms with Gasteiger partial charge in [0.05, 0.1) is 37.6 Å². The Morgan fingerprint density at radius 2 is 1.12 bits per heavy atom. The fourth-order valence-electron chi connectivity index (χ4n) is 11.8. The van der Waals surface area contributed by atoms with E-state index in [2.05, 4.69) is 75.8 Å². The standard InChI is InChI=1S/C35H45N3O3/c1-3-7-24(8-4-1)20-37-13-17-39-15-11-36-12-16-40-18-14-38(21-25-9-5-2-6-10-25)23-35-31-27-19-26-28-29(27)33(35)32(28)34(22-37,41-35)30(26)31/h1-10,26-33,36H,11-23H2. The van der Waals surface area contributed by atoms with Crippen LogP contribution in [0.1, 0.15) is 17.5 Å². The Bertz CT molecular complexity index is 1150. The van der Waals surface area contributed by atoms with Crippen LogP contribution in [-0.4, -0.2) is 86.7 Å². The highest BCUT2D eigenvalue weighted by molar-refractivity contribution is 5.44. The van der Waals surface area contributed by atoms with E-state index in [1.54, 1.807) is 0 Å². The van der Waals surface area contributed by atoms with Crippen LogP contribution in [0.3, 0.4) is 0 Å². The van der Waals surface area contributed by atoms with Gasteiger partial charge in [0.15, 0.2) is 0 Å². The summed E-state index contributed by atoms with van der Waals surface area (Å²) in [5.41, 5.74) is 2.89. The molecule has 1 N–H and O–H groups in total. The van der Waals surface area contributed by atoms with Crippen molar-refractivity contribution in [3.8, 4) is 0 Å². The van der Waals surface area contributed by atoms with Gasteiger partial charge in [0.25, 0.3) is 0 Å². The Morgan fingerprint density at radius 3 is 1.61 bits per heavy atom. The zero-order valence-corrected chi connectivity index (χ0v) is 24.2. The van der Waals surface area contributed by atoms with Crippen LogP contribution in [0.25, 0.3) is 0 Å². The molecule has 0 aromatic heterocycles. The first-order valence-electron chi connectivity index (χ1n) is 16.4. The lowest BCUT2D eigenvalue weighted by Gasteiger charge is -2.49. The number of benzene rings is 2. The topological polar surface area (TPSA) is 46.2 Å². The van der Waals surface area contributed by atoms with Crippen molar-refractivity contribution in [2.24, 2.45) is 47.3 Å². The van der Waals surface area contributed by atoms with Crippen LogP contribution in [0.5, 0.6) is 0 Å². The molecule has 5 saturated carbocycles. The van der Waals surface area contributed by atoms with Gasteiger partial charge in [0, 0.05) is 52.4 Å². The molecule has 2 aromatic rings. The predicted octanol–water partition coefficient (Wildman–Crippen LogP) is 3.52. The molecular formula is C35H45N3O3. The van der Waals surface area contributed by atoms with Gasteiger partial charge in [0.1, 0.15) is 0 Å². The van der Waals surface area contributed by atoms with Gasteiger partial charge in [-0.25, -0.2) is 0 Å². The zero-order chi connectivity index (χ0) is 27.0. The fraction of sp³-hybridized carbons (Fsp3) is 0.657. The maximum Gasteiger partial charge on any atom is 0.0886 e. The normalized spacial score (nSPS) is 45.3. The van der Waals surface area contributed by atoms with Crippen molar-refractivity contribution in [3.05, 3.63) is 71.8 Å². The molecule has 5 aliphatic carbocycles. The first kappa shape index (κ1) is 25.7. The number of ether oxygens (including phenoxy) is 3. The molecule has 6 nitrogen and oxygen atoms in total. The summed E-state index contributed by atoms with van der Waals surface area (Å²) in [4.78, 5) is 5.39. The molecule has 3 aliphatic heterocycles. The summed E-state index contributed by atoms with van der Waals surface area (Å²) >= 11 is 0. The highest BCUT2D eigenvalue weighted by Crippen LogP contribution is 2.93. The SMILES string of the molecule is c1ccc(CN2CCOCCNCCOCCN(Cc3ccccc3)CC34OC5(C2)C2C6CC(C7C6C5C73)C24)cc1. The summed E-state index contributed by atoms with van der Waals surface area (Å²) in [6.45, 7) is 10.8. The van der Waals surface area contributed by atoms with E-state index in [4.69, 9.17) is 14.2 Å². The summed E-state index contributed by atoms with van der Waals surface area (Å²) in [5.74, 6) is 6.78. The molecule has 8 aliphatic rings. The third kappa shape index (κ3) is 3.71. The Morgan fingerprint density at radius 1 is 0.634 bits per heavy atom. The summed E-state index contributed by atoms with van der Waals surface area (Å²) in [6.07, 6.45) is 1.49. The van der Waals surface area contributed by atoms with Crippen molar-refractivity contribution in [1.82, 2.24) is 15.1 Å². The van der Waals surface area contributed by atoms with Crippen molar-refractivity contribution >= 4 is 0 Å². The van der Waals surface area contributed by atoms with Gasteiger partial charge in [-0.05, 0) is 64.9 Å². The zero-order valence-electron chi connectivity index (χ0n) is 24.2. The number of nitrogens with one attached hydrogen (secondary N) is 1. The lowest BCUT2D eigenvalue weighted by molar-refractivity contribution is -0.101. The van der Waals surface area contributed by atoms with Gasteiger partial charge in [-0.1, -0.05) is 60.7 Å². The number of hydrogen-bond acceptors (Lipinski definition) is 6. The van der Waals surface area contributed by atoms with Crippen LogP contribution in [0.2, 0.25) is 0 Å². The number of hydrogen-bond donors (Lipinski definition) is 1. The monoisotopic (exact) mass is 555 g/mol. The molecule has 3 heterocycles. The van der Waals surface area contributed by atoms with Gasteiger partial charge in [-0.15, -0.1) is 0 Å². The molecule has 2 aromatic carbocycles. The minimum atomic E-state index is 0.0447. The number of nitrogens with zero attached hydrogens (tertiary/aromatic N) is 2. The van der Waals surface area contributed by atoms with E-state index in [9.17, 15) is 0 Å². The average Bonchev–Trinajstić information content (AvgIpc) is 3.65. The predicted molar refractivity (Wildman–Crippen MR) is 157 cm³/mol. The Hall–Kier alpha value is -1.80. The molecule has 3 saturated heterocycles. The van der Waals surface area contributed by atoms with Gasteiger partial charge in [-0.2, -0.15) is 0 Å². The molecule has 218 valence electrons. The molecule has 8 fully saturated rings. The van der Waals surface area contributed by atoms with E-state index in [0.717, 1.165) is 126 Å². The van der Waals surface area contributed by atoms with Gasteiger partial charge in [-0.3, -0.25) is 9.80 Å². The molecule has 2 spiro atoms. The van der Waals surface area contributed by atoms with Crippen LogP contribution >= 0.6 is 0 Å². The van der Waals surface area contributed by atoms with Gasteiger partial charge >= 0.3 is 0 Å². The Labute approximate surface area is 244 Å². The molecule has 0 amide bonds. The van der Waals surface area contributed by atoms with E-state index in [-0.39, 0.29) is 11.2 Å². The quantitative estimate of drug-likeness (QED) is 0.623. The molecule has 41 heavy (non-hydrogen) atoms.